The number of para-hydroxylation sites is 2. The number of halogens is 1. The molecule has 2 heterocycles. The van der Waals surface area contributed by atoms with Crippen molar-refractivity contribution in [3.63, 3.8) is 0 Å². The van der Waals surface area contributed by atoms with Gasteiger partial charge in [-0.25, -0.2) is 9.97 Å². The molecule has 2 aromatic carbocycles. The van der Waals surface area contributed by atoms with Crippen LogP contribution < -0.4 is 14.5 Å². The molecule has 0 radical (unpaired) electrons. The average Bonchev–Trinajstić information content (AvgIpc) is 2.68. The van der Waals surface area contributed by atoms with E-state index in [-0.39, 0.29) is 5.91 Å². The molecule has 0 fully saturated rings. The zero-order valence-electron chi connectivity index (χ0n) is 15.1. The second-order valence-electron chi connectivity index (χ2n) is 6.48. The molecule has 7 heteroatoms. The van der Waals surface area contributed by atoms with Gasteiger partial charge >= 0.3 is 0 Å². The minimum atomic E-state index is -0.629. The van der Waals surface area contributed by atoms with Gasteiger partial charge in [0.2, 0.25) is 0 Å². The lowest BCUT2D eigenvalue weighted by Gasteiger charge is -2.34. The van der Waals surface area contributed by atoms with Crippen molar-refractivity contribution >= 4 is 44.5 Å². The Morgan fingerprint density at radius 1 is 1.04 bits per heavy atom. The quantitative estimate of drug-likeness (QED) is 0.639. The molecule has 1 aliphatic rings. The van der Waals surface area contributed by atoms with Gasteiger partial charge in [-0.3, -0.25) is 9.69 Å². The number of ether oxygens (including phenoxy) is 1. The largest absolute Gasteiger partial charge is 0.481 e. The molecule has 1 unspecified atom stereocenters. The van der Waals surface area contributed by atoms with Crippen LogP contribution in [0.15, 0.2) is 53.0 Å². The molecule has 138 valence electrons. The molecule has 1 aliphatic heterocycles. The van der Waals surface area contributed by atoms with Crippen molar-refractivity contribution in [3.05, 3.63) is 53.0 Å². The number of fused-ring (bicyclic) bond motifs is 2. The Morgan fingerprint density at radius 3 is 2.33 bits per heavy atom. The van der Waals surface area contributed by atoms with Crippen molar-refractivity contribution in [2.75, 3.05) is 29.9 Å². The molecule has 1 atom stereocenters. The van der Waals surface area contributed by atoms with E-state index in [1.165, 1.54) is 0 Å². The zero-order chi connectivity index (χ0) is 19.0. The Kier molecular flexibility index (Phi) is 4.70. The maximum absolute atomic E-state index is 13.1. The topological polar surface area (TPSA) is 58.6 Å². The van der Waals surface area contributed by atoms with Crippen LogP contribution in [-0.4, -0.2) is 42.1 Å². The summed E-state index contributed by atoms with van der Waals surface area (Å²) in [5.74, 6) is 1.82. The molecular weight excluding hydrogens is 408 g/mol. The van der Waals surface area contributed by atoms with E-state index in [9.17, 15) is 4.79 Å². The van der Waals surface area contributed by atoms with Crippen LogP contribution in [0.5, 0.6) is 5.75 Å². The summed E-state index contributed by atoms with van der Waals surface area (Å²) in [6.07, 6.45) is -0.629. The second kappa shape index (κ2) is 7.15. The fourth-order valence-electron chi connectivity index (χ4n) is 3.08. The van der Waals surface area contributed by atoms with Gasteiger partial charge in [0.05, 0.1) is 11.0 Å². The summed E-state index contributed by atoms with van der Waals surface area (Å²) in [5, 5.41) is 0. The van der Waals surface area contributed by atoms with Crippen molar-refractivity contribution in [2.24, 2.45) is 0 Å². The highest BCUT2D eigenvalue weighted by atomic mass is 79.9. The standard InChI is InChI=1S/C20H19BrN4O2/c1-13(27-15-9-7-14(21)8-10-15)20(26)25-12-11-24(2)18-19(25)23-17-6-4-3-5-16(17)22-18/h3-10,13H,11-12H2,1-2H3. The number of hydrogen-bond donors (Lipinski definition) is 0. The number of rotatable bonds is 3. The highest BCUT2D eigenvalue weighted by Crippen LogP contribution is 2.31. The molecule has 1 amide bonds. The van der Waals surface area contributed by atoms with Gasteiger partial charge in [-0.15, -0.1) is 0 Å². The first-order chi connectivity index (χ1) is 13.0. The maximum Gasteiger partial charge on any atom is 0.269 e. The van der Waals surface area contributed by atoms with Crippen LogP contribution in [0.3, 0.4) is 0 Å². The van der Waals surface area contributed by atoms with E-state index in [2.05, 4.69) is 15.9 Å². The normalized spacial score (nSPS) is 14.8. The van der Waals surface area contributed by atoms with Crippen molar-refractivity contribution in [1.82, 2.24) is 9.97 Å². The summed E-state index contributed by atoms with van der Waals surface area (Å²) in [5.41, 5.74) is 1.59. The lowest BCUT2D eigenvalue weighted by Crippen LogP contribution is -2.48. The van der Waals surface area contributed by atoms with Gasteiger partial charge in [-0.2, -0.15) is 0 Å². The first kappa shape index (κ1) is 17.7. The minimum absolute atomic E-state index is 0.128. The smallest absolute Gasteiger partial charge is 0.269 e. The number of carbonyl (C=O) groups is 1. The van der Waals surface area contributed by atoms with Gasteiger partial charge in [0, 0.05) is 24.6 Å². The monoisotopic (exact) mass is 426 g/mol. The molecule has 4 rings (SSSR count). The number of amides is 1. The van der Waals surface area contributed by atoms with E-state index in [1.54, 1.807) is 11.8 Å². The van der Waals surface area contributed by atoms with E-state index in [0.717, 1.165) is 15.5 Å². The van der Waals surface area contributed by atoms with E-state index < -0.39 is 6.10 Å². The predicted octanol–water partition coefficient (Wildman–Crippen LogP) is 3.64. The van der Waals surface area contributed by atoms with Crippen LogP contribution >= 0.6 is 15.9 Å². The summed E-state index contributed by atoms with van der Waals surface area (Å²) in [7, 11) is 1.96. The Labute approximate surface area is 165 Å². The fraction of sp³-hybridized carbons (Fsp3) is 0.250. The average molecular weight is 427 g/mol. The summed E-state index contributed by atoms with van der Waals surface area (Å²) in [4.78, 5) is 26.2. The Hall–Kier alpha value is -2.67. The summed E-state index contributed by atoms with van der Waals surface area (Å²) < 4.78 is 6.80. The van der Waals surface area contributed by atoms with E-state index in [1.807, 2.05) is 60.5 Å². The predicted molar refractivity (Wildman–Crippen MR) is 109 cm³/mol. The molecule has 3 aromatic rings. The number of benzene rings is 2. The SMILES string of the molecule is CC(Oc1ccc(Br)cc1)C(=O)N1CCN(C)c2nc3ccccc3nc21. The lowest BCUT2D eigenvalue weighted by molar-refractivity contribution is -0.124. The molecule has 0 spiro atoms. The van der Waals surface area contributed by atoms with Crippen LogP contribution in [0.4, 0.5) is 11.6 Å². The number of likely N-dealkylation sites (N-methyl/N-ethyl adjacent to an activating group) is 1. The minimum Gasteiger partial charge on any atom is -0.481 e. The van der Waals surface area contributed by atoms with Crippen molar-refractivity contribution < 1.29 is 9.53 Å². The van der Waals surface area contributed by atoms with Crippen LogP contribution in [-0.2, 0) is 4.79 Å². The van der Waals surface area contributed by atoms with Crippen LogP contribution in [0.25, 0.3) is 11.0 Å². The first-order valence-electron chi connectivity index (χ1n) is 8.74. The van der Waals surface area contributed by atoms with Gasteiger partial charge in [-0.1, -0.05) is 28.1 Å². The van der Waals surface area contributed by atoms with Gasteiger partial charge < -0.3 is 9.64 Å². The first-order valence-corrected chi connectivity index (χ1v) is 9.54. The Balaban J connectivity index is 1.64. The third kappa shape index (κ3) is 3.47. The fourth-order valence-corrected chi connectivity index (χ4v) is 3.35. The summed E-state index contributed by atoms with van der Waals surface area (Å²) >= 11 is 3.40. The van der Waals surface area contributed by atoms with E-state index in [0.29, 0.717) is 30.5 Å². The number of anilines is 2. The molecule has 6 nitrogen and oxygen atoms in total. The van der Waals surface area contributed by atoms with Crippen LogP contribution in [0.1, 0.15) is 6.92 Å². The van der Waals surface area contributed by atoms with E-state index >= 15 is 0 Å². The summed E-state index contributed by atoms with van der Waals surface area (Å²) in [6.45, 7) is 3.00. The number of aromatic nitrogens is 2. The zero-order valence-corrected chi connectivity index (χ0v) is 16.7. The highest BCUT2D eigenvalue weighted by Gasteiger charge is 2.31. The van der Waals surface area contributed by atoms with Gasteiger partial charge in [0.25, 0.3) is 5.91 Å². The van der Waals surface area contributed by atoms with Gasteiger partial charge in [0.1, 0.15) is 5.75 Å². The van der Waals surface area contributed by atoms with Gasteiger partial charge in [0.15, 0.2) is 17.7 Å². The molecule has 0 bridgehead atoms. The number of hydrogen-bond acceptors (Lipinski definition) is 5. The van der Waals surface area contributed by atoms with Crippen LogP contribution in [0.2, 0.25) is 0 Å². The molecule has 0 aliphatic carbocycles. The maximum atomic E-state index is 13.1. The third-order valence-corrected chi connectivity index (χ3v) is 5.08. The van der Waals surface area contributed by atoms with Crippen molar-refractivity contribution in [3.8, 4) is 5.75 Å². The van der Waals surface area contributed by atoms with Crippen molar-refractivity contribution in [1.29, 1.82) is 0 Å². The number of nitrogens with zero attached hydrogens (tertiary/aromatic N) is 4. The molecule has 1 aromatic heterocycles. The second-order valence-corrected chi connectivity index (χ2v) is 7.40. The Bertz CT molecular complexity index is 993. The highest BCUT2D eigenvalue weighted by molar-refractivity contribution is 9.10. The lowest BCUT2D eigenvalue weighted by atomic mass is 10.2. The van der Waals surface area contributed by atoms with Crippen molar-refractivity contribution in [2.45, 2.75) is 13.0 Å². The summed E-state index contributed by atoms with van der Waals surface area (Å²) in [6, 6.07) is 15.1. The van der Waals surface area contributed by atoms with Gasteiger partial charge in [-0.05, 0) is 43.3 Å². The third-order valence-electron chi connectivity index (χ3n) is 4.55. The molecule has 27 heavy (non-hydrogen) atoms. The Morgan fingerprint density at radius 2 is 1.67 bits per heavy atom. The molecular formula is C20H19BrN4O2. The molecule has 0 saturated carbocycles. The molecule has 0 saturated heterocycles. The molecule has 0 N–H and O–H groups in total. The van der Waals surface area contributed by atoms with Crippen LogP contribution in [0, 0.1) is 0 Å². The number of carbonyl (C=O) groups excluding carboxylic acids is 1. The van der Waals surface area contributed by atoms with E-state index in [4.69, 9.17) is 14.7 Å².